The maximum atomic E-state index is 14.1. The summed E-state index contributed by atoms with van der Waals surface area (Å²) in [6, 6.07) is 2.49. The van der Waals surface area contributed by atoms with E-state index in [9.17, 15) is 17.6 Å². The van der Waals surface area contributed by atoms with Gasteiger partial charge in [0.2, 0.25) is 0 Å². The first kappa shape index (κ1) is 18.9. The van der Waals surface area contributed by atoms with Crippen LogP contribution in [0.4, 0.5) is 17.6 Å². The largest absolute Gasteiger partial charge is 0.416 e. The molecule has 1 heterocycles. The summed E-state index contributed by atoms with van der Waals surface area (Å²) >= 11 is 0. The Kier molecular flexibility index (Phi) is 6.84. The van der Waals surface area contributed by atoms with Crippen molar-refractivity contribution in [2.75, 3.05) is 26.2 Å². The third-order valence-corrected chi connectivity index (χ3v) is 3.67. The fourth-order valence-electron chi connectivity index (χ4n) is 2.72. The first-order chi connectivity index (χ1) is 9.95. The van der Waals surface area contributed by atoms with Crippen molar-refractivity contribution in [3.63, 3.8) is 0 Å². The van der Waals surface area contributed by atoms with E-state index in [0.29, 0.717) is 26.2 Å². The molecule has 1 aromatic carbocycles. The zero-order valence-corrected chi connectivity index (χ0v) is 12.8. The van der Waals surface area contributed by atoms with Crippen molar-refractivity contribution in [3.8, 4) is 0 Å². The monoisotopic (exact) mass is 338 g/mol. The standard InChI is InChI=1S/C15H18F4N2.ClH/c1-2-4-13(21-9-7-20-8-10-21)14-11(15(17,18)19)5-3-6-12(14)16;/h2-3,5-6,13,20H,1,4,7-10H2;1H/t13-;/m0./s1. The predicted molar refractivity (Wildman–Crippen MR) is 80.6 cm³/mol. The normalized spacial score (nSPS) is 17.6. The van der Waals surface area contributed by atoms with E-state index >= 15 is 0 Å². The summed E-state index contributed by atoms with van der Waals surface area (Å²) in [6.07, 6.45) is -2.74. The third kappa shape index (κ3) is 4.21. The van der Waals surface area contributed by atoms with Crippen molar-refractivity contribution in [3.05, 3.63) is 47.8 Å². The minimum Gasteiger partial charge on any atom is -0.314 e. The third-order valence-electron chi connectivity index (χ3n) is 3.67. The van der Waals surface area contributed by atoms with E-state index in [4.69, 9.17) is 0 Å². The fourth-order valence-corrected chi connectivity index (χ4v) is 2.72. The van der Waals surface area contributed by atoms with Gasteiger partial charge in [0, 0.05) is 37.8 Å². The Morgan fingerprint density at radius 2 is 1.91 bits per heavy atom. The maximum absolute atomic E-state index is 14.1. The smallest absolute Gasteiger partial charge is 0.314 e. The summed E-state index contributed by atoms with van der Waals surface area (Å²) in [7, 11) is 0. The van der Waals surface area contributed by atoms with Crippen LogP contribution >= 0.6 is 12.4 Å². The molecule has 0 saturated carbocycles. The van der Waals surface area contributed by atoms with Crippen LogP contribution in [0.3, 0.4) is 0 Å². The van der Waals surface area contributed by atoms with E-state index in [-0.39, 0.29) is 24.4 Å². The summed E-state index contributed by atoms with van der Waals surface area (Å²) < 4.78 is 53.7. The second-order valence-electron chi connectivity index (χ2n) is 5.02. The van der Waals surface area contributed by atoms with Crippen LogP contribution in [0.5, 0.6) is 0 Å². The van der Waals surface area contributed by atoms with Gasteiger partial charge in [-0.3, -0.25) is 4.90 Å². The van der Waals surface area contributed by atoms with E-state index < -0.39 is 23.6 Å². The summed E-state index contributed by atoms with van der Waals surface area (Å²) in [5, 5.41) is 3.14. The second-order valence-corrected chi connectivity index (χ2v) is 5.02. The average Bonchev–Trinajstić information content (AvgIpc) is 2.45. The van der Waals surface area contributed by atoms with Gasteiger partial charge < -0.3 is 5.32 Å². The van der Waals surface area contributed by atoms with E-state index in [1.54, 1.807) is 6.08 Å². The number of nitrogens with one attached hydrogen (secondary N) is 1. The molecule has 2 rings (SSSR count). The number of benzene rings is 1. The minimum atomic E-state index is -4.56. The highest BCUT2D eigenvalue weighted by Crippen LogP contribution is 2.39. The van der Waals surface area contributed by atoms with Crippen molar-refractivity contribution in [2.24, 2.45) is 0 Å². The lowest BCUT2D eigenvalue weighted by Crippen LogP contribution is -2.45. The zero-order chi connectivity index (χ0) is 15.5. The van der Waals surface area contributed by atoms with Crippen molar-refractivity contribution in [1.29, 1.82) is 0 Å². The number of hydrogen-bond donors (Lipinski definition) is 1. The SMILES string of the molecule is C=CC[C@@H](c1c(F)cccc1C(F)(F)F)N1CCNCC1.Cl. The molecule has 0 radical (unpaired) electrons. The molecule has 0 bridgehead atoms. The molecular weight excluding hydrogens is 320 g/mol. The van der Waals surface area contributed by atoms with Gasteiger partial charge >= 0.3 is 6.18 Å². The maximum Gasteiger partial charge on any atom is 0.416 e. The lowest BCUT2D eigenvalue weighted by atomic mass is 9.95. The molecule has 1 N–H and O–H groups in total. The Balaban J connectivity index is 0.00000242. The van der Waals surface area contributed by atoms with Gasteiger partial charge in [-0.1, -0.05) is 12.1 Å². The Hall–Kier alpha value is -1.11. The van der Waals surface area contributed by atoms with Crippen molar-refractivity contribution >= 4 is 12.4 Å². The average molecular weight is 339 g/mol. The summed E-state index contributed by atoms with van der Waals surface area (Å²) in [5.41, 5.74) is -1.17. The molecule has 1 atom stereocenters. The summed E-state index contributed by atoms with van der Waals surface area (Å²) in [6.45, 7) is 6.14. The number of hydrogen-bond acceptors (Lipinski definition) is 2. The lowest BCUT2D eigenvalue weighted by molar-refractivity contribution is -0.139. The number of alkyl halides is 3. The molecule has 0 aromatic heterocycles. The fraction of sp³-hybridized carbons (Fsp3) is 0.467. The first-order valence-electron chi connectivity index (χ1n) is 6.86. The van der Waals surface area contributed by atoms with Gasteiger partial charge in [0.15, 0.2) is 0 Å². The molecule has 22 heavy (non-hydrogen) atoms. The lowest BCUT2D eigenvalue weighted by Gasteiger charge is -2.36. The molecular formula is C15H19ClF4N2. The Bertz CT molecular complexity index is 499. The zero-order valence-electron chi connectivity index (χ0n) is 12.0. The molecule has 1 aliphatic rings. The van der Waals surface area contributed by atoms with E-state index in [1.165, 1.54) is 0 Å². The van der Waals surface area contributed by atoms with Crippen LogP contribution in [-0.2, 0) is 6.18 Å². The quantitative estimate of drug-likeness (QED) is 0.664. The molecule has 1 fully saturated rings. The minimum absolute atomic E-state index is 0. The molecule has 0 amide bonds. The van der Waals surface area contributed by atoms with Gasteiger partial charge in [-0.15, -0.1) is 19.0 Å². The molecule has 1 aromatic rings. The van der Waals surface area contributed by atoms with Crippen LogP contribution in [0.25, 0.3) is 0 Å². The second kappa shape index (κ2) is 7.94. The van der Waals surface area contributed by atoms with Gasteiger partial charge in [0.25, 0.3) is 0 Å². The van der Waals surface area contributed by atoms with Gasteiger partial charge in [-0.05, 0) is 18.6 Å². The van der Waals surface area contributed by atoms with Gasteiger partial charge in [0.05, 0.1) is 5.56 Å². The first-order valence-corrected chi connectivity index (χ1v) is 6.86. The van der Waals surface area contributed by atoms with Crippen LogP contribution in [0.2, 0.25) is 0 Å². The molecule has 0 spiro atoms. The van der Waals surface area contributed by atoms with Gasteiger partial charge in [0.1, 0.15) is 5.82 Å². The highest BCUT2D eigenvalue weighted by atomic mass is 35.5. The summed E-state index contributed by atoms with van der Waals surface area (Å²) in [5.74, 6) is -0.810. The molecule has 0 unspecified atom stereocenters. The van der Waals surface area contributed by atoms with Crippen LogP contribution < -0.4 is 5.32 Å². The number of rotatable bonds is 4. The Morgan fingerprint density at radius 1 is 1.27 bits per heavy atom. The Labute approximate surface area is 133 Å². The Morgan fingerprint density at radius 3 is 2.45 bits per heavy atom. The molecule has 124 valence electrons. The van der Waals surface area contributed by atoms with E-state index in [1.807, 2.05) is 4.90 Å². The van der Waals surface area contributed by atoms with Gasteiger partial charge in [-0.25, -0.2) is 4.39 Å². The van der Waals surface area contributed by atoms with E-state index in [2.05, 4.69) is 11.9 Å². The molecule has 1 saturated heterocycles. The number of piperazine rings is 1. The van der Waals surface area contributed by atoms with Crippen molar-refractivity contribution in [1.82, 2.24) is 10.2 Å². The van der Waals surface area contributed by atoms with Crippen molar-refractivity contribution < 1.29 is 17.6 Å². The van der Waals surface area contributed by atoms with Crippen LogP contribution in [-0.4, -0.2) is 31.1 Å². The van der Waals surface area contributed by atoms with Crippen LogP contribution in [0.1, 0.15) is 23.6 Å². The topological polar surface area (TPSA) is 15.3 Å². The molecule has 7 heteroatoms. The molecule has 0 aliphatic carbocycles. The highest BCUT2D eigenvalue weighted by Gasteiger charge is 2.38. The van der Waals surface area contributed by atoms with Gasteiger partial charge in [-0.2, -0.15) is 13.2 Å². The predicted octanol–water partition coefficient (Wildman–Crippen LogP) is 3.79. The number of halogens is 5. The molecule has 2 nitrogen and oxygen atoms in total. The highest BCUT2D eigenvalue weighted by molar-refractivity contribution is 5.85. The number of nitrogens with zero attached hydrogens (tertiary/aromatic N) is 1. The molecule has 1 aliphatic heterocycles. The van der Waals surface area contributed by atoms with E-state index in [0.717, 1.165) is 18.2 Å². The van der Waals surface area contributed by atoms with Crippen LogP contribution in [0, 0.1) is 5.82 Å². The summed E-state index contributed by atoms with van der Waals surface area (Å²) in [4.78, 5) is 1.88. The van der Waals surface area contributed by atoms with Crippen LogP contribution in [0.15, 0.2) is 30.9 Å². The van der Waals surface area contributed by atoms with Crippen molar-refractivity contribution in [2.45, 2.75) is 18.6 Å².